The van der Waals surface area contributed by atoms with Crippen LogP contribution in [-0.4, -0.2) is 5.97 Å². The van der Waals surface area contributed by atoms with Crippen LogP contribution in [0, 0.1) is 6.92 Å². The molecule has 3 rings (SSSR count). The first kappa shape index (κ1) is 15.3. The zero-order valence-electron chi connectivity index (χ0n) is 12.6. The monoisotopic (exact) mass is 328 g/mol. The Morgan fingerprint density at radius 2 is 1.91 bits per heavy atom. The largest absolute Gasteiger partial charge is 0.460 e. The van der Waals surface area contributed by atoms with Gasteiger partial charge in [-0.25, -0.2) is 0 Å². The van der Waals surface area contributed by atoms with Gasteiger partial charge < -0.3 is 9.15 Å². The summed E-state index contributed by atoms with van der Waals surface area (Å²) in [6.45, 7) is 3.02. The number of esters is 1. The van der Waals surface area contributed by atoms with Crippen LogP contribution in [0.3, 0.4) is 0 Å². The molecule has 4 nitrogen and oxygen atoms in total. The van der Waals surface area contributed by atoms with Crippen LogP contribution in [0.1, 0.15) is 12.7 Å². The molecule has 0 fully saturated rings. The van der Waals surface area contributed by atoms with Crippen LogP contribution in [0.15, 0.2) is 51.7 Å². The second-order valence-corrected chi connectivity index (χ2v) is 5.50. The molecule has 5 heteroatoms. The summed E-state index contributed by atoms with van der Waals surface area (Å²) in [7, 11) is 0. The quantitative estimate of drug-likeness (QED) is 0.518. The van der Waals surface area contributed by atoms with Crippen molar-refractivity contribution >= 4 is 28.5 Å². The van der Waals surface area contributed by atoms with E-state index in [1.54, 1.807) is 37.3 Å². The minimum absolute atomic E-state index is 0.175. The molecule has 1 aromatic heterocycles. The molecule has 1 heterocycles. The number of aryl methyl sites for hydroxylation is 1. The van der Waals surface area contributed by atoms with Crippen LogP contribution in [-0.2, 0) is 4.79 Å². The number of hydrogen-bond donors (Lipinski definition) is 0. The van der Waals surface area contributed by atoms with Crippen LogP contribution in [0.5, 0.6) is 5.75 Å². The van der Waals surface area contributed by atoms with Crippen molar-refractivity contribution in [3.05, 3.63) is 63.5 Å². The molecule has 0 atom stereocenters. The lowest BCUT2D eigenvalue weighted by atomic mass is 10.0. The van der Waals surface area contributed by atoms with Gasteiger partial charge in [0.05, 0.1) is 10.9 Å². The number of hydrogen-bond acceptors (Lipinski definition) is 4. The van der Waals surface area contributed by atoms with E-state index < -0.39 is 5.97 Å². The van der Waals surface area contributed by atoms with Gasteiger partial charge in [-0.2, -0.15) is 0 Å². The van der Waals surface area contributed by atoms with Gasteiger partial charge in [-0.3, -0.25) is 9.59 Å². The number of rotatable bonds is 2. The number of ether oxygens (including phenoxy) is 1. The molecule has 0 aliphatic heterocycles. The molecule has 0 aliphatic rings. The molecule has 0 aliphatic carbocycles. The van der Waals surface area contributed by atoms with E-state index in [2.05, 4.69) is 0 Å². The number of carbonyl (C=O) groups is 1. The van der Waals surface area contributed by atoms with Crippen molar-refractivity contribution in [3.63, 3.8) is 0 Å². The molecule has 0 bridgehead atoms. The summed E-state index contributed by atoms with van der Waals surface area (Å²) in [6, 6.07) is 11.8. The second-order valence-electron chi connectivity index (χ2n) is 5.09. The molecule has 23 heavy (non-hydrogen) atoms. The average Bonchev–Trinajstić information content (AvgIpc) is 2.48. The van der Waals surface area contributed by atoms with Crippen LogP contribution in [0.2, 0.25) is 5.02 Å². The summed E-state index contributed by atoms with van der Waals surface area (Å²) in [4.78, 5) is 23.8. The highest BCUT2D eigenvalue weighted by Crippen LogP contribution is 2.30. The molecular formula is C18H13ClO4. The van der Waals surface area contributed by atoms with Crippen molar-refractivity contribution in [1.29, 1.82) is 0 Å². The fourth-order valence-electron chi connectivity index (χ4n) is 2.49. The van der Waals surface area contributed by atoms with Crippen molar-refractivity contribution in [2.24, 2.45) is 0 Å². The third-order valence-corrected chi connectivity index (χ3v) is 3.77. The molecule has 0 saturated carbocycles. The molecule has 0 amide bonds. The molecule has 116 valence electrons. The van der Waals surface area contributed by atoms with E-state index in [9.17, 15) is 9.59 Å². The Bertz CT molecular complexity index is 972. The Hall–Kier alpha value is -2.59. The molecular weight excluding hydrogens is 316 g/mol. The average molecular weight is 329 g/mol. The topological polar surface area (TPSA) is 56.5 Å². The standard InChI is InChI=1S/C18H13ClO4/c1-10-17(13-5-3-4-6-15(13)19)18(21)14-8-7-12(23-11(2)20)9-16(14)22-10/h3-9H,1-2H3. The van der Waals surface area contributed by atoms with E-state index in [1.807, 2.05) is 6.07 Å². The van der Waals surface area contributed by atoms with Crippen LogP contribution in [0.4, 0.5) is 0 Å². The SMILES string of the molecule is CC(=O)Oc1ccc2c(=O)c(-c3ccccc3Cl)c(C)oc2c1. The van der Waals surface area contributed by atoms with Gasteiger partial charge in [0.15, 0.2) is 0 Å². The van der Waals surface area contributed by atoms with Crippen molar-refractivity contribution < 1.29 is 13.9 Å². The van der Waals surface area contributed by atoms with Gasteiger partial charge in [0.1, 0.15) is 17.1 Å². The van der Waals surface area contributed by atoms with Gasteiger partial charge in [-0.15, -0.1) is 0 Å². The number of halogens is 1. The molecule has 0 saturated heterocycles. The lowest BCUT2D eigenvalue weighted by Gasteiger charge is -2.09. The maximum absolute atomic E-state index is 12.8. The van der Waals surface area contributed by atoms with Gasteiger partial charge in [-0.05, 0) is 25.1 Å². The Kier molecular flexibility index (Phi) is 3.92. The van der Waals surface area contributed by atoms with Crippen LogP contribution < -0.4 is 10.2 Å². The van der Waals surface area contributed by atoms with Crippen molar-refractivity contribution in [3.8, 4) is 16.9 Å². The van der Waals surface area contributed by atoms with Crippen molar-refractivity contribution in [1.82, 2.24) is 0 Å². The minimum atomic E-state index is -0.434. The summed E-state index contributed by atoms with van der Waals surface area (Å²) in [5.41, 5.74) is 1.25. The zero-order chi connectivity index (χ0) is 16.6. The van der Waals surface area contributed by atoms with Crippen molar-refractivity contribution in [2.75, 3.05) is 0 Å². The van der Waals surface area contributed by atoms with E-state index in [0.717, 1.165) is 0 Å². The van der Waals surface area contributed by atoms with E-state index in [-0.39, 0.29) is 5.43 Å². The Balaban J connectivity index is 2.25. The maximum atomic E-state index is 12.8. The smallest absolute Gasteiger partial charge is 0.308 e. The number of benzene rings is 2. The first-order valence-electron chi connectivity index (χ1n) is 6.98. The maximum Gasteiger partial charge on any atom is 0.308 e. The van der Waals surface area contributed by atoms with Gasteiger partial charge in [0.25, 0.3) is 0 Å². The fraction of sp³-hybridized carbons (Fsp3) is 0.111. The summed E-state index contributed by atoms with van der Waals surface area (Å²) in [6.07, 6.45) is 0. The van der Waals surface area contributed by atoms with Gasteiger partial charge in [0, 0.05) is 23.6 Å². The normalized spacial score (nSPS) is 10.7. The van der Waals surface area contributed by atoms with E-state index in [4.69, 9.17) is 20.8 Å². The molecule has 3 aromatic rings. The van der Waals surface area contributed by atoms with Crippen molar-refractivity contribution in [2.45, 2.75) is 13.8 Å². The van der Waals surface area contributed by atoms with Gasteiger partial charge >= 0.3 is 5.97 Å². The molecule has 0 radical (unpaired) electrons. The minimum Gasteiger partial charge on any atom is -0.460 e. The van der Waals surface area contributed by atoms with Crippen LogP contribution in [0.25, 0.3) is 22.1 Å². The van der Waals surface area contributed by atoms with E-state index in [0.29, 0.717) is 38.6 Å². The van der Waals surface area contributed by atoms with E-state index in [1.165, 1.54) is 13.0 Å². The highest BCUT2D eigenvalue weighted by Gasteiger charge is 2.16. The predicted octanol–water partition coefficient (Wildman–Crippen LogP) is 4.35. The van der Waals surface area contributed by atoms with E-state index >= 15 is 0 Å². The Labute approximate surface area is 137 Å². The summed E-state index contributed by atoms with van der Waals surface area (Å²) in [5, 5.41) is 0.889. The summed E-state index contributed by atoms with van der Waals surface area (Å²) in [5.74, 6) is 0.352. The summed E-state index contributed by atoms with van der Waals surface area (Å²) >= 11 is 6.20. The lowest BCUT2D eigenvalue weighted by Crippen LogP contribution is -2.08. The molecule has 0 N–H and O–H groups in total. The Morgan fingerprint density at radius 1 is 1.17 bits per heavy atom. The first-order valence-corrected chi connectivity index (χ1v) is 7.36. The van der Waals surface area contributed by atoms with Gasteiger partial charge in [0.2, 0.25) is 5.43 Å². The lowest BCUT2D eigenvalue weighted by molar-refractivity contribution is -0.131. The summed E-state index contributed by atoms with van der Waals surface area (Å²) < 4.78 is 10.8. The highest BCUT2D eigenvalue weighted by molar-refractivity contribution is 6.33. The third kappa shape index (κ3) is 2.85. The highest BCUT2D eigenvalue weighted by atomic mass is 35.5. The second kappa shape index (κ2) is 5.89. The fourth-order valence-corrected chi connectivity index (χ4v) is 2.72. The number of fused-ring (bicyclic) bond motifs is 1. The zero-order valence-corrected chi connectivity index (χ0v) is 13.3. The number of carbonyl (C=O) groups excluding carboxylic acids is 1. The predicted molar refractivity (Wildman–Crippen MR) is 89.0 cm³/mol. The Morgan fingerprint density at radius 3 is 2.61 bits per heavy atom. The first-order chi connectivity index (χ1) is 11.0. The third-order valence-electron chi connectivity index (χ3n) is 3.44. The molecule has 2 aromatic carbocycles. The molecule has 0 spiro atoms. The van der Waals surface area contributed by atoms with Gasteiger partial charge in [-0.1, -0.05) is 29.8 Å². The molecule has 0 unspecified atom stereocenters. The van der Waals surface area contributed by atoms with Crippen LogP contribution >= 0.6 is 11.6 Å².